The first-order valence-corrected chi connectivity index (χ1v) is 15.7. The van der Waals surface area contributed by atoms with Crippen molar-refractivity contribution in [3.63, 3.8) is 0 Å². The zero-order valence-corrected chi connectivity index (χ0v) is 24.8. The number of para-hydroxylation sites is 2. The van der Waals surface area contributed by atoms with Gasteiger partial charge in [-0.2, -0.15) is 0 Å². The third-order valence-electron chi connectivity index (χ3n) is 9.45. The lowest BCUT2D eigenvalue weighted by atomic mass is 9.85. The lowest BCUT2D eigenvalue weighted by Crippen LogP contribution is -1.91. The van der Waals surface area contributed by atoms with E-state index in [0.29, 0.717) is 0 Å². The van der Waals surface area contributed by atoms with Crippen LogP contribution in [0.2, 0.25) is 0 Å². The number of rotatable bonds is 3. The molecule has 214 valence electrons. The van der Waals surface area contributed by atoms with Crippen LogP contribution < -0.4 is 0 Å². The van der Waals surface area contributed by atoms with E-state index >= 15 is 0 Å². The van der Waals surface area contributed by atoms with Gasteiger partial charge in [-0.3, -0.25) is 0 Å². The Kier molecular flexibility index (Phi) is 5.31. The Morgan fingerprint density at radius 1 is 0.283 bits per heavy atom. The molecule has 0 saturated heterocycles. The molecule has 0 N–H and O–H groups in total. The molecule has 2 heterocycles. The topological polar surface area (TPSA) is 26.3 Å². The molecule has 0 radical (unpaired) electrons. The van der Waals surface area contributed by atoms with E-state index in [1.165, 1.54) is 43.8 Å². The fourth-order valence-electron chi connectivity index (χ4n) is 7.43. The minimum atomic E-state index is 0.885. The highest BCUT2D eigenvalue weighted by Gasteiger charge is 2.21. The summed E-state index contributed by atoms with van der Waals surface area (Å²) in [5, 5.41) is 9.39. The molecule has 2 aromatic heterocycles. The van der Waals surface area contributed by atoms with Crippen molar-refractivity contribution in [1.82, 2.24) is 0 Å². The van der Waals surface area contributed by atoms with Gasteiger partial charge in [0, 0.05) is 27.1 Å². The first-order valence-electron chi connectivity index (χ1n) is 15.7. The van der Waals surface area contributed by atoms with Crippen molar-refractivity contribution in [3.05, 3.63) is 158 Å². The molecule has 0 unspecified atom stereocenters. The van der Waals surface area contributed by atoms with Gasteiger partial charge in [0.25, 0.3) is 0 Å². The van der Waals surface area contributed by atoms with E-state index in [2.05, 4.69) is 140 Å². The number of benzene rings is 8. The Hall–Kier alpha value is -6.12. The molecule has 0 atom stereocenters. The second kappa shape index (κ2) is 9.69. The van der Waals surface area contributed by atoms with E-state index in [-0.39, 0.29) is 0 Å². The van der Waals surface area contributed by atoms with Crippen LogP contribution in [0, 0.1) is 0 Å². The monoisotopic (exact) mass is 586 g/mol. The van der Waals surface area contributed by atoms with Gasteiger partial charge in [0.2, 0.25) is 0 Å². The predicted octanol–water partition coefficient (Wildman–Crippen LogP) is 12.8. The average molecular weight is 587 g/mol. The van der Waals surface area contributed by atoms with Gasteiger partial charge in [0.05, 0.1) is 0 Å². The minimum absolute atomic E-state index is 0.885. The SMILES string of the molecule is c1ccc(-c2c3ccccc3c(-c3cc(-c4ccc5oc6ccccc6c5c4)c4oc5ccccc5c4c3)c3ccccc23)cc1. The van der Waals surface area contributed by atoms with Gasteiger partial charge in [0.1, 0.15) is 22.3 Å². The smallest absolute Gasteiger partial charge is 0.143 e. The van der Waals surface area contributed by atoms with Crippen LogP contribution in [-0.4, -0.2) is 0 Å². The summed E-state index contributed by atoms with van der Waals surface area (Å²) in [5.41, 5.74) is 10.6. The van der Waals surface area contributed by atoms with Crippen LogP contribution in [0.3, 0.4) is 0 Å². The molecular weight excluding hydrogens is 560 g/mol. The zero-order chi connectivity index (χ0) is 30.2. The first-order chi connectivity index (χ1) is 22.8. The molecule has 0 aliphatic heterocycles. The van der Waals surface area contributed by atoms with E-state index in [4.69, 9.17) is 8.83 Å². The Bertz CT molecular complexity index is 2740. The lowest BCUT2D eigenvalue weighted by Gasteiger charge is -2.18. The Labute approximate surface area is 264 Å². The molecule has 2 nitrogen and oxygen atoms in total. The maximum absolute atomic E-state index is 6.64. The lowest BCUT2D eigenvalue weighted by molar-refractivity contribution is 0.668. The molecule has 0 saturated carbocycles. The van der Waals surface area contributed by atoms with Crippen LogP contribution in [0.15, 0.2) is 167 Å². The van der Waals surface area contributed by atoms with Gasteiger partial charge in [0.15, 0.2) is 0 Å². The quantitative estimate of drug-likeness (QED) is 0.193. The molecule has 10 rings (SSSR count). The molecule has 0 fully saturated rings. The fourth-order valence-corrected chi connectivity index (χ4v) is 7.43. The average Bonchev–Trinajstić information content (AvgIpc) is 3.68. The highest BCUT2D eigenvalue weighted by atomic mass is 16.3. The highest BCUT2D eigenvalue weighted by Crippen LogP contribution is 2.47. The fraction of sp³-hybridized carbons (Fsp3) is 0. The molecule has 2 heteroatoms. The van der Waals surface area contributed by atoms with Crippen LogP contribution in [0.5, 0.6) is 0 Å². The number of furan rings is 2. The van der Waals surface area contributed by atoms with Crippen LogP contribution in [-0.2, 0) is 0 Å². The summed E-state index contributed by atoms with van der Waals surface area (Å²) < 4.78 is 12.8. The van der Waals surface area contributed by atoms with Gasteiger partial charge < -0.3 is 8.83 Å². The van der Waals surface area contributed by atoms with Gasteiger partial charge in [-0.1, -0.05) is 121 Å². The number of hydrogen-bond acceptors (Lipinski definition) is 2. The van der Waals surface area contributed by atoms with Crippen molar-refractivity contribution in [1.29, 1.82) is 0 Å². The molecule has 0 amide bonds. The molecular formula is C44H26O2. The van der Waals surface area contributed by atoms with Gasteiger partial charge in [-0.05, 0) is 85.8 Å². The van der Waals surface area contributed by atoms with Crippen LogP contribution >= 0.6 is 0 Å². The van der Waals surface area contributed by atoms with Crippen molar-refractivity contribution >= 4 is 65.4 Å². The Morgan fingerprint density at radius 3 is 1.41 bits per heavy atom. The Balaban J connectivity index is 1.34. The molecule has 46 heavy (non-hydrogen) atoms. The maximum atomic E-state index is 6.64. The Morgan fingerprint density at radius 2 is 0.761 bits per heavy atom. The number of fused-ring (bicyclic) bond motifs is 8. The summed E-state index contributed by atoms with van der Waals surface area (Å²) in [4.78, 5) is 0. The largest absolute Gasteiger partial charge is 0.456 e. The molecule has 0 aliphatic carbocycles. The first kappa shape index (κ1) is 25.2. The summed E-state index contributed by atoms with van der Waals surface area (Å²) in [6, 6.07) is 56.2. The summed E-state index contributed by atoms with van der Waals surface area (Å²) in [6.45, 7) is 0. The third-order valence-corrected chi connectivity index (χ3v) is 9.45. The van der Waals surface area contributed by atoms with Crippen LogP contribution in [0.1, 0.15) is 0 Å². The van der Waals surface area contributed by atoms with E-state index in [9.17, 15) is 0 Å². The summed E-state index contributed by atoms with van der Waals surface area (Å²) in [5.74, 6) is 0. The highest BCUT2D eigenvalue weighted by molar-refractivity contribution is 6.23. The summed E-state index contributed by atoms with van der Waals surface area (Å²) >= 11 is 0. The van der Waals surface area contributed by atoms with Crippen LogP contribution in [0.25, 0.3) is 98.8 Å². The molecule has 10 aromatic rings. The van der Waals surface area contributed by atoms with Gasteiger partial charge in [-0.25, -0.2) is 0 Å². The standard InChI is InChI=1S/C44H26O2/c1-2-12-27(13-3-1)42-32-16-4-6-18-34(32)43(35-19-7-5-17-33(35)42)29-25-36(44-38(26-29)31-15-9-11-21-40(31)46-44)28-22-23-41-37(24-28)30-14-8-10-20-39(30)45-41/h1-26H. The summed E-state index contributed by atoms with van der Waals surface area (Å²) in [6.07, 6.45) is 0. The van der Waals surface area contributed by atoms with Gasteiger partial charge >= 0.3 is 0 Å². The van der Waals surface area contributed by atoms with Crippen LogP contribution in [0.4, 0.5) is 0 Å². The third kappa shape index (κ3) is 3.65. The van der Waals surface area contributed by atoms with Crippen molar-refractivity contribution in [2.45, 2.75) is 0 Å². The van der Waals surface area contributed by atoms with Crippen molar-refractivity contribution in [2.24, 2.45) is 0 Å². The second-order valence-electron chi connectivity index (χ2n) is 12.0. The van der Waals surface area contributed by atoms with Crippen molar-refractivity contribution in [3.8, 4) is 33.4 Å². The molecule has 0 spiro atoms. The minimum Gasteiger partial charge on any atom is -0.456 e. The van der Waals surface area contributed by atoms with E-state index in [0.717, 1.165) is 55.0 Å². The van der Waals surface area contributed by atoms with Crippen molar-refractivity contribution < 1.29 is 8.83 Å². The summed E-state index contributed by atoms with van der Waals surface area (Å²) in [7, 11) is 0. The number of hydrogen-bond donors (Lipinski definition) is 0. The molecule has 0 bridgehead atoms. The van der Waals surface area contributed by atoms with Gasteiger partial charge in [-0.15, -0.1) is 0 Å². The molecule has 8 aromatic carbocycles. The predicted molar refractivity (Wildman–Crippen MR) is 192 cm³/mol. The maximum Gasteiger partial charge on any atom is 0.143 e. The van der Waals surface area contributed by atoms with E-state index in [1.54, 1.807) is 0 Å². The molecule has 0 aliphatic rings. The van der Waals surface area contributed by atoms with E-state index < -0.39 is 0 Å². The van der Waals surface area contributed by atoms with Crippen molar-refractivity contribution in [2.75, 3.05) is 0 Å². The second-order valence-corrected chi connectivity index (χ2v) is 12.0. The zero-order valence-electron chi connectivity index (χ0n) is 24.8. The normalized spacial score (nSPS) is 11.9. The van der Waals surface area contributed by atoms with E-state index in [1.807, 2.05) is 18.2 Å².